The molecule has 0 saturated heterocycles. The minimum atomic E-state index is -2.24. The van der Waals surface area contributed by atoms with Crippen LogP contribution in [-0.4, -0.2) is 36.7 Å². The lowest BCUT2D eigenvalue weighted by Crippen LogP contribution is -2.08. The van der Waals surface area contributed by atoms with E-state index in [0.717, 1.165) is 6.07 Å². The van der Waals surface area contributed by atoms with Crippen molar-refractivity contribution in [3.63, 3.8) is 0 Å². The monoisotopic (exact) mass is 456 g/mol. The van der Waals surface area contributed by atoms with Crippen molar-refractivity contribution in [3.05, 3.63) is 82.7 Å². The second kappa shape index (κ2) is 9.71. The van der Waals surface area contributed by atoms with Crippen LogP contribution in [0.2, 0.25) is 0 Å². The Labute approximate surface area is 185 Å². The summed E-state index contributed by atoms with van der Waals surface area (Å²) in [5.41, 5.74) is 2.46. The Kier molecular flexibility index (Phi) is 7.01. The predicted molar refractivity (Wildman–Crippen MR) is 118 cm³/mol. The summed E-state index contributed by atoms with van der Waals surface area (Å²) in [5.74, 6) is -3.06. The maximum Gasteiger partial charge on any atom is 0.336 e. The van der Waals surface area contributed by atoms with Gasteiger partial charge in [-0.2, -0.15) is 0 Å². The smallest absolute Gasteiger partial charge is 0.336 e. The molecule has 0 aliphatic heterocycles. The minimum absolute atomic E-state index is 0.104. The summed E-state index contributed by atoms with van der Waals surface area (Å²) < 4.78 is 35.2. The number of carboxylic acids is 2. The third-order valence-corrected chi connectivity index (χ3v) is 5.42. The molecule has 0 aromatic heterocycles. The highest BCUT2D eigenvalue weighted by molar-refractivity contribution is 7.79. The first-order valence-electron chi connectivity index (χ1n) is 9.48. The van der Waals surface area contributed by atoms with Gasteiger partial charge < -0.3 is 20.1 Å². The third-order valence-electron chi connectivity index (χ3n) is 4.88. The summed E-state index contributed by atoms with van der Waals surface area (Å²) in [7, 11) is 0. The van der Waals surface area contributed by atoms with Crippen molar-refractivity contribution in [2.75, 3.05) is 11.1 Å². The van der Waals surface area contributed by atoms with E-state index in [4.69, 9.17) is 0 Å². The van der Waals surface area contributed by atoms with Gasteiger partial charge >= 0.3 is 11.9 Å². The molecule has 0 aliphatic carbocycles. The molecule has 0 bridgehead atoms. The van der Waals surface area contributed by atoms with Crippen LogP contribution in [-0.2, 0) is 17.5 Å². The van der Waals surface area contributed by atoms with Crippen molar-refractivity contribution in [1.29, 1.82) is 0 Å². The van der Waals surface area contributed by atoms with Crippen LogP contribution in [0.25, 0.3) is 11.1 Å². The first kappa shape index (κ1) is 23.1. The van der Waals surface area contributed by atoms with Crippen molar-refractivity contribution in [1.82, 2.24) is 0 Å². The normalized spacial score (nSPS) is 11.7. The Hall–Kier alpha value is -3.56. The maximum absolute atomic E-state index is 13.3. The highest BCUT2D eigenvalue weighted by Crippen LogP contribution is 2.35. The summed E-state index contributed by atoms with van der Waals surface area (Å²) in [6, 6.07) is 13.2. The number of aromatic carboxylic acids is 2. The molecule has 0 radical (unpaired) electrons. The molecule has 3 aromatic carbocycles. The van der Waals surface area contributed by atoms with E-state index < -0.39 is 28.8 Å². The van der Waals surface area contributed by atoms with Gasteiger partial charge in [-0.15, -0.1) is 0 Å². The molecule has 3 N–H and O–H groups in total. The fourth-order valence-corrected chi connectivity index (χ4v) is 3.71. The molecule has 0 saturated carbocycles. The number of hydrogen-bond acceptors (Lipinski definition) is 5. The van der Waals surface area contributed by atoms with Gasteiger partial charge in [0.05, 0.1) is 11.1 Å². The number of benzene rings is 3. The van der Waals surface area contributed by atoms with Gasteiger partial charge in [-0.25, -0.2) is 14.0 Å². The zero-order chi connectivity index (χ0) is 23.4. The minimum Gasteiger partial charge on any atom is -0.772 e. The molecule has 7 nitrogen and oxygen atoms in total. The largest absolute Gasteiger partial charge is 0.772 e. The Morgan fingerprint density at radius 1 is 0.969 bits per heavy atom. The standard InChI is InChI=1S/C23H20FNO6S/c1-13-10-18(20(23(28)29)12-17(13)22(26)27)19-11-14(8-9-32(30)31)2-7-21(19)25-16-5-3-15(24)4-6-16/h2-7,10-12,25H,8-9H2,1H3,(H,26,27)(H,28,29)(H,30,31)/p-1. The highest BCUT2D eigenvalue weighted by Gasteiger charge is 2.20. The lowest BCUT2D eigenvalue weighted by Gasteiger charge is -2.17. The number of nitrogens with one attached hydrogen (secondary N) is 1. The van der Waals surface area contributed by atoms with E-state index in [1.165, 1.54) is 30.3 Å². The van der Waals surface area contributed by atoms with Crippen LogP contribution < -0.4 is 5.32 Å². The van der Waals surface area contributed by atoms with Crippen LogP contribution in [0.4, 0.5) is 15.8 Å². The van der Waals surface area contributed by atoms with Crippen LogP contribution in [0, 0.1) is 12.7 Å². The van der Waals surface area contributed by atoms with E-state index in [1.54, 1.807) is 25.1 Å². The van der Waals surface area contributed by atoms with Crippen LogP contribution >= 0.6 is 0 Å². The maximum atomic E-state index is 13.3. The van der Waals surface area contributed by atoms with Gasteiger partial charge in [0, 0.05) is 22.7 Å². The number of hydrogen-bond donors (Lipinski definition) is 3. The van der Waals surface area contributed by atoms with E-state index in [-0.39, 0.29) is 28.9 Å². The molecule has 3 rings (SSSR count). The lowest BCUT2D eigenvalue weighted by molar-refractivity contribution is 0.0695. The average Bonchev–Trinajstić information content (AvgIpc) is 2.73. The second-order valence-corrected chi connectivity index (χ2v) is 8.11. The summed E-state index contributed by atoms with van der Waals surface area (Å²) in [6.45, 7) is 1.57. The van der Waals surface area contributed by atoms with E-state index in [9.17, 15) is 33.0 Å². The summed E-state index contributed by atoms with van der Waals surface area (Å²) >= 11 is -2.24. The van der Waals surface area contributed by atoms with Gasteiger partial charge in [0.25, 0.3) is 0 Å². The Balaban J connectivity index is 2.19. The number of anilines is 2. The summed E-state index contributed by atoms with van der Waals surface area (Å²) in [6.07, 6.45) is 0.217. The second-order valence-electron chi connectivity index (χ2n) is 7.09. The van der Waals surface area contributed by atoms with E-state index >= 15 is 0 Å². The molecule has 0 aliphatic rings. The zero-order valence-corrected chi connectivity index (χ0v) is 17.7. The first-order valence-corrected chi connectivity index (χ1v) is 10.7. The van der Waals surface area contributed by atoms with Crippen molar-refractivity contribution in [3.8, 4) is 11.1 Å². The van der Waals surface area contributed by atoms with Crippen molar-refractivity contribution in [2.45, 2.75) is 13.3 Å². The van der Waals surface area contributed by atoms with Crippen LogP contribution in [0.5, 0.6) is 0 Å². The average molecular weight is 456 g/mol. The third kappa shape index (κ3) is 5.37. The van der Waals surface area contributed by atoms with Gasteiger partial charge in [-0.05, 0) is 78.6 Å². The van der Waals surface area contributed by atoms with Gasteiger partial charge in [-0.3, -0.25) is 4.21 Å². The van der Waals surface area contributed by atoms with E-state index in [1.807, 2.05) is 0 Å². The highest BCUT2D eigenvalue weighted by atomic mass is 32.2. The van der Waals surface area contributed by atoms with Crippen molar-refractivity contribution < 1.29 is 33.0 Å². The summed E-state index contributed by atoms with van der Waals surface area (Å²) in [5, 5.41) is 22.2. The Bertz CT molecular complexity index is 1210. The summed E-state index contributed by atoms with van der Waals surface area (Å²) in [4.78, 5) is 23.4. The SMILES string of the molecule is Cc1cc(-c2cc(CCS(=O)[O-])ccc2Nc2ccc(F)cc2)c(C(=O)O)cc1C(=O)O. The van der Waals surface area contributed by atoms with E-state index in [0.29, 0.717) is 28.1 Å². The van der Waals surface area contributed by atoms with Crippen molar-refractivity contribution >= 4 is 34.4 Å². The van der Waals surface area contributed by atoms with Crippen LogP contribution in [0.1, 0.15) is 31.8 Å². The van der Waals surface area contributed by atoms with E-state index in [2.05, 4.69) is 5.32 Å². The number of carbonyl (C=O) groups is 2. The fraction of sp³-hybridized carbons (Fsp3) is 0.130. The van der Waals surface area contributed by atoms with Gasteiger partial charge in [0.2, 0.25) is 0 Å². The zero-order valence-electron chi connectivity index (χ0n) is 16.9. The molecule has 9 heteroatoms. The number of aryl methyl sites for hydroxylation is 2. The van der Waals surface area contributed by atoms with Crippen LogP contribution in [0.3, 0.4) is 0 Å². The molecule has 1 atom stereocenters. The molecule has 3 aromatic rings. The van der Waals surface area contributed by atoms with Gasteiger partial charge in [0.1, 0.15) is 5.82 Å². The molecule has 0 heterocycles. The Morgan fingerprint density at radius 3 is 2.22 bits per heavy atom. The molecular weight excluding hydrogens is 437 g/mol. The molecule has 0 amide bonds. The predicted octanol–water partition coefficient (Wildman–Crippen LogP) is 4.36. The quantitative estimate of drug-likeness (QED) is 0.430. The van der Waals surface area contributed by atoms with Crippen molar-refractivity contribution in [2.24, 2.45) is 0 Å². The topological polar surface area (TPSA) is 127 Å². The molecule has 0 spiro atoms. The molecular formula is C23H19FNO6S-. The molecule has 1 unspecified atom stereocenters. The lowest BCUT2D eigenvalue weighted by atomic mass is 9.91. The number of halogens is 1. The Morgan fingerprint density at radius 2 is 1.62 bits per heavy atom. The molecule has 166 valence electrons. The van der Waals surface area contributed by atoms with Gasteiger partial charge in [0.15, 0.2) is 0 Å². The number of rotatable bonds is 8. The first-order chi connectivity index (χ1) is 15.2. The fourth-order valence-electron chi connectivity index (χ4n) is 3.31. The molecule has 0 fully saturated rings. The van der Waals surface area contributed by atoms with Crippen LogP contribution in [0.15, 0.2) is 54.6 Å². The molecule has 32 heavy (non-hydrogen) atoms. The van der Waals surface area contributed by atoms with Gasteiger partial charge in [-0.1, -0.05) is 17.1 Å². The number of carboxylic acid groups (broad SMARTS) is 2.